The number of nitrogens with zero attached hydrogens (tertiary/aromatic N) is 4. The zero-order chi connectivity index (χ0) is 21.5. The number of aliphatic hydroxyl groups is 1. The highest BCUT2D eigenvalue weighted by Gasteiger charge is 2.38. The highest BCUT2D eigenvalue weighted by Crippen LogP contribution is 2.32. The molecule has 1 saturated carbocycles. The molecule has 2 aliphatic rings. The minimum Gasteiger partial charge on any atom is -0.391 e. The lowest BCUT2D eigenvalue weighted by molar-refractivity contribution is 0.0189. The second-order valence-corrected chi connectivity index (χ2v) is 8.86. The normalized spacial score (nSPS) is 20.9. The summed E-state index contributed by atoms with van der Waals surface area (Å²) in [6, 6.07) is 10.4. The molecule has 0 saturated heterocycles. The van der Waals surface area contributed by atoms with Crippen LogP contribution in [0.3, 0.4) is 0 Å². The van der Waals surface area contributed by atoms with E-state index in [0.29, 0.717) is 12.1 Å². The number of rotatable bonds is 4. The smallest absolute Gasteiger partial charge is 0.256 e. The van der Waals surface area contributed by atoms with Gasteiger partial charge in [0.2, 0.25) is 0 Å². The van der Waals surface area contributed by atoms with Crippen molar-refractivity contribution in [1.82, 2.24) is 19.7 Å². The highest BCUT2D eigenvalue weighted by molar-refractivity contribution is 5.98. The average molecular weight is 417 g/mol. The first-order chi connectivity index (χ1) is 15.0. The quantitative estimate of drug-likeness (QED) is 0.705. The van der Waals surface area contributed by atoms with E-state index in [-0.39, 0.29) is 11.9 Å². The van der Waals surface area contributed by atoms with Gasteiger partial charge in [0.05, 0.1) is 36.1 Å². The lowest BCUT2D eigenvalue weighted by Gasteiger charge is -2.34. The Balaban J connectivity index is 1.36. The number of aromatic nitrogens is 3. The molecule has 1 aliphatic carbocycles. The number of fused-ring (bicyclic) bond motifs is 1. The number of hydrogen-bond donors (Lipinski definition) is 1. The number of pyridine rings is 1. The summed E-state index contributed by atoms with van der Waals surface area (Å²) in [6.45, 7) is 2.53. The molecule has 1 fully saturated rings. The molecule has 1 aliphatic heterocycles. The molecule has 3 heterocycles. The van der Waals surface area contributed by atoms with Gasteiger partial charge in [-0.3, -0.25) is 14.5 Å². The summed E-state index contributed by atoms with van der Waals surface area (Å²) in [5, 5.41) is 14.7. The number of benzene rings is 1. The predicted octanol–water partition coefficient (Wildman–Crippen LogP) is 3.64. The standard InChI is InChI=1S/C25H28N4O2/c1-16-19(11-17-7-9-18(10-8-17)20-13-26-28(2)14-20)12-21-22(27-16)15-29(25(21)31)23-5-3-4-6-24(23)30/h7-10,12-14,23-24,30H,3-6,11,15H2,1-2H3/t23-,24-/m0/s1. The van der Waals surface area contributed by atoms with Crippen LogP contribution in [0.25, 0.3) is 11.1 Å². The number of carbonyl (C=O) groups excluding carboxylic acids is 1. The van der Waals surface area contributed by atoms with E-state index in [4.69, 9.17) is 4.98 Å². The molecule has 0 unspecified atom stereocenters. The van der Waals surface area contributed by atoms with Gasteiger partial charge >= 0.3 is 0 Å². The van der Waals surface area contributed by atoms with Crippen LogP contribution in [0, 0.1) is 6.92 Å². The molecule has 1 amide bonds. The first-order valence-electron chi connectivity index (χ1n) is 11.1. The molecule has 2 atom stereocenters. The molecule has 0 spiro atoms. The molecule has 0 radical (unpaired) electrons. The monoisotopic (exact) mass is 416 g/mol. The molecule has 160 valence electrons. The van der Waals surface area contributed by atoms with Crippen LogP contribution in [0.4, 0.5) is 0 Å². The summed E-state index contributed by atoms with van der Waals surface area (Å²) in [6.07, 6.45) is 7.93. The first kappa shape index (κ1) is 19.9. The second kappa shape index (κ2) is 7.93. The Kier molecular flexibility index (Phi) is 5.10. The Morgan fingerprint density at radius 2 is 1.90 bits per heavy atom. The molecular weight excluding hydrogens is 388 g/mol. The van der Waals surface area contributed by atoms with Gasteiger partial charge in [-0.15, -0.1) is 0 Å². The third kappa shape index (κ3) is 3.76. The van der Waals surface area contributed by atoms with Crippen molar-refractivity contribution in [3.8, 4) is 11.1 Å². The molecular formula is C25H28N4O2. The van der Waals surface area contributed by atoms with Crippen LogP contribution in [-0.2, 0) is 20.0 Å². The van der Waals surface area contributed by atoms with Gasteiger partial charge in [0.25, 0.3) is 5.91 Å². The van der Waals surface area contributed by atoms with Crippen molar-refractivity contribution in [2.75, 3.05) is 0 Å². The number of amides is 1. The van der Waals surface area contributed by atoms with Crippen LogP contribution in [0.1, 0.15) is 58.6 Å². The lowest BCUT2D eigenvalue weighted by atomic mass is 9.91. The molecule has 3 aromatic rings. The summed E-state index contributed by atoms with van der Waals surface area (Å²) in [5.74, 6) is 0.0154. The lowest BCUT2D eigenvalue weighted by Crippen LogP contribution is -2.45. The fraction of sp³-hybridized carbons (Fsp3) is 0.400. The van der Waals surface area contributed by atoms with Crippen molar-refractivity contribution in [2.45, 2.75) is 57.7 Å². The minimum atomic E-state index is -0.425. The van der Waals surface area contributed by atoms with Gasteiger partial charge in [0.1, 0.15) is 0 Å². The van der Waals surface area contributed by atoms with Gasteiger partial charge in [-0.25, -0.2) is 0 Å². The highest BCUT2D eigenvalue weighted by atomic mass is 16.3. The van der Waals surface area contributed by atoms with E-state index in [1.54, 1.807) is 4.68 Å². The Labute approximate surface area is 182 Å². The Bertz CT molecular complexity index is 1120. The molecule has 6 heteroatoms. The van der Waals surface area contributed by atoms with Gasteiger partial charge in [-0.1, -0.05) is 37.1 Å². The fourth-order valence-electron chi connectivity index (χ4n) is 4.90. The molecule has 5 rings (SSSR count). The zero-order valence-corrected chi connectivity index (χ0v) is 18.1. The van der Waals surface area contributed by atoms with Crippen LogP contribution in [0.2, 0.25) is 0 Å². The van der Waals surface area contributed by atoms with Crippen LogP contribution in [0.5, 0.6) is 0 Å². The van der Waals surface area contributed by atoms with Crippen molar-refractivity contribution in [2.24, 2.45) is 7.05 Å². The van der Waals surface area contributed by atoms with Crippen LogP contribution < -0.4 is 0 Å². The molecule has 1 N–H and O–H groups in total. The van der Waals surface area contributed by atoms with Crippen LogP contribution >= 0.6 is 0 Å². The third-order valence-electron chi connectivity index (χ3n) is 6.69. The summed E-state index contributed by atoms with van der Waals surface area (Å²) in [4.78, 5) is 19.8. The molecule has 0 bridgehead atoms. The summed E-state index contributed by atoms with van der Waals surface area (Å²) in [5.41, 5.74) is 7.00. The van der Waals surface area contributed by atoms with Crippen molar-refractivity contribution in [3.05, 3.63) is 70.8 Å². The summed E-state index contributed by atoms with van der Waals surface area (Å²) >= 11 is 0. The topological polar surface area (TPSA) is 71.2 Å². The summed E-state index contributed by atoms with van der Waals surface area (Å²) in [7, 11) is 1.92. The predicted molar refractivity (Wildman–Crippen MR) is 119 cm³/mol. The Morgan fingerprint density at radius 3 is 2.61 bits per heavy atom. The van der Waals surface area contributed by atoms with E-state index in [0.717, 1.165) is 60.2 Å². The minimum absolute atomic E-state index is 0.0154. The maximum atomic E-state index is 13.1. The second-order valence-electron chi connectivity index (χ2n) is 8.86. The third-order valence-corrected chi connectivity index (χ3v) is 6.69. The van der Waals surface area contributed by atoms with Crippen LogP contribution in [0.15, 0.2) is 42.7 Å². The maximum absolute atomic E-state index is 13.1. The van der Waals surface area contributed by atoms with Gasteiger partial charge in [-0.2, -0.15) is 5.10 Å². The van der Waals surface area contributed by atoms with E-state index in [2.05, 4.69) is 29.4 Å². The zero-order valence-electron chi connectivity index (χ0n) is 18.1. The van der Waals surface area contributed by atoms with Gasteiger partial charge < -0.3 is 10.0 Å². The number of carbonyl (C=O) groups is 1. The van der Waals surface area contributed by atoms with E-state index in [9.17, 15) is 9.90 Å². The number of aryl methyl sites for hydroxylation is 2. The molecule has 6 nitrogen and oxygen atoms in total. The van der Waals surface area contributed by atoms with E-state index >= 15 is 0 Å². The number of aliphatic hydroxyl groups excluding tert-OH is 1. The summed E-state index contributed by atoms with van der Waals surface area (Å²) < 4.78 is 1.80. The van der Waals surface area contributed by atoms with E-state index in [1.807, 2.05) is 37.3 Å². The van der Waals surface area contributed by atoms with Crippen molar-refractivity contribution in [1.29, 1.82) is 0 Å². The fourth-order valence-corrected chi connectivity index (χ4v) is 4.90. The molecule has 31 heavy (non-hydrogen) atoms. The average Bonchev–Trinajstić information content (AvgIpc) is 3.33. The Morgan fingerprint density at radius 1 is 1.13 bits per heavy atom. The molecule has 1 aromatic carbocycles. The van der Waals surface area contributed by atoms with E-state index in [1.165, 1.54) is 5.56 Å². The SMILES string of the molecule is Cc1nc2c(cc1Cc1ccc(-c3cnn(C)c3)cc1)C(=O)N([C@H]1CCCC[C@@H]1O)C2. The maximum Gasteiger partial charge on any atom is 0.256 e. The van der Waals surface area contributed by atoms with Gasteiger partial charge in [0.15, 0.2) is 0 Å². The van der Waals surface area contributed by atoms with Crippen LogP contribution in [-0.4, -0.2) is 42.8 Å². The first-order valence-corrected chi connectivity index (χ1v) is 11.1. The van der Waals surface area contributed by atoms with Crippen molar-refractivity contribution in [3.63, 3.8) is 0 Å². The van der Waals surface area contributed by atoms with Gasteiger partial charge in [-0.05, 0) is 48.9 Å². The molecule has 2 aromatic heterocycles. The number of hydrogen-bond acceptors (Lipinski definition) is 4. The van der Waals surface area contributed by atoms with Crippen molar-refractivity contribution >= 4 is 5.91 Å². The van der Waals surface area contributed by atoms with Gasteiger partial charge in [0, 0.05) is 24.5 Å². The van der Waals surface area contributed by atoms with Crippen molar-refractivity contribution < 1.29 is 9.90 Å². The largest absolute Gasteiger partial charge is 0.391 e. The Hall–Kier alpha value is -2.99. The van der Waals surface area contributed by atoms with E-state index < -0.39 is 6.10 Å².